The lowest BCUT2D eigenvalue weighted by molar-refractivity contribution is -0.116. The minimum atomic E-state index is -0.462. The number of amides is 1. The van der Waals surface area contributed by atoms with Gasteiger partial charge in [-0.1, -0.05) is 29.8 Å². The van der Waals surface area contributed by atoms with Gasteiger partial charge in [0.2, 0.25) is 5.91 Å². The van der Waals surface area contributed by atoms with E-state index in [1.54, 1.807) is 0 Å². The number of nitrogens with one attached hydrogen (secondary N) is 2. The Morgan fingerprint density at radius 1 is 1.38 bits per heavy atom. The number of carbonyl (C=O) groups is 1. The molecule has 0 spiro atoms. The van der Waals surface area contributed by atoms with E-state index in [1.807, 2.05) is 24.3 Å². The predicted molar refractivity (Wildman–Crippen MR) is 85.3 cm³/mol. The standard InChI is InChI=1S/C15H11BrClFN2O/c16-10-6-9(18)7-11(17)14(10)20-15(21)13-5-8-3-1-2-4-12(8)19-13/h1-4,6-7,13,19H,5H2,(H,20,21)/t13-/m0/s1. The summed E-state index contributed by atoms with van der Waals surface area (Å²) in [6.07, 6.45) is 0.610. The molecule has 2 N–H and O–H groups in total. The molecule has 0 aromatic heterocycles. The van der Waals surface area contributed by atoms with Crippen molar-refractivity contribution in [3.8, 4) is 0 Å². The first kappa shape index (κ1) is 14.4. The molecule has 1 aliphatic rings. The molecule has 1 heterocycles. The number of rotatable bonds is 2. The maximum Gasteiger partial charge on any atom is 0.247 e. The van der Waals surface area contributed by atoms with Crippen molar-refractivity contribution in [1.29, 1.82) is 0 Å². The number of para-hydroxylation sites is 1. The Balaban J connectivity index is 1.77. The molecule has 1 amide bonds. The lowest BCUT2D eigenvalue weighted by Crippen LogP contribution is -2.33. The van der Waals surface area contributed by atoms with E-state index in [0.717, 1.165) is 11.3 Å². The molecule has 2 aromatic carbocycles. The van der Waals surface area contributed by atoms with Gasteiger partial charge in [0.1, 0.15) is 11.9 Å². The van der Waals surface area contributed by atoms with Gasteiger partial charge in [0.05, 0.1) is 10.7 Å². The van der Waals surface area contributed by atoms with E-state index < -0.39 is 5.82 Å². The second-order valence-electron chi connectivity index (χ2n) is 4.79. The minimum Gasteiger partial charge on any atom is -0.373 e. The summed E-state index contributed by atoms with van der Waals surface area (Å²) < 4.78 is 13.6. The maximum atomic E-state index is 13.2. The Kier molecular flexibility index (Phi) is 3.87. The van der Waals surface area contributed by atoms with Gasteiger partial charge in [-0.2, -0.15) is 0 Å². The van der Waals surface area contributed by atoms with E-state index in [4.69, 9.17) is 11.6 Å². The van der Waals surface area contributed by atoms with Crippen molar-refractivity contribution in [3.63, 3.8) is 0 Å². The van der Waals surface area contributed by atoms with Crippen LogP contribution in [-0.2, 0) is 11.2 Å². The minimum absolute atomic E-state index is 0.158. The molecule has 2 aromatic rings. The van der Waals surface area contributed by atoms with Gasteiger partial charge in [0.15, 0.2) is 0 Å². The molecule has 0 radical (unpaired) electrons. The first-order valence-electron chi connectivity index (χ1n) is 6.34. The largest absolute Gasteiger partial charge is 0.373 e. The number of carbonyl (C=O) groups excluding carboxylic acids is 1. The predicted octanol–water partition coefficient (Wildman–Crippen LogP) is 4.22. The van der Waals surface area contributed by atoms with E-state index in [0.29, 0.717) is 16.6 Å². The van der Waals surface area contributed by atoms with Crippen LogP contribution in [-0.4, -0.2) is 11.9 Å². The van der Waals surface area contributed by atoms with E-state index in [1.165, 1.54) is 12.1 Å². The van der Waals surface area contributed by atoms with Crippen LogP contribution in [0.25, 0.3) is 0 Å². The molecular weight excluding hydrogens is 359 g/mol. The highest BCUT2D eigenvalue weighted by Crippen LogP contribution is 2.33. The summed E-state index contributed by atoms with van der Waals surface area (Å²) in [6, 6.07) is 9.83. The molecular formula is C15H11BrClFN2O. The fraction of sp³-hybridized carbons (Fsp3) is 0.133. The monoisotopic (exact) mass is 368 g/mol. The first-order valence-corrected chi connectivity index (χ1v) is 7.51. The van der Waals surface area contributed by atoms with Crippen LogP contribution in [0.3, 0.4) is 0 Å². The van der Waals surface area contributed by atoms with Gasteiger partial charge in [0, 0.05) is 16.6 Å². The van der Waals surface area contributed by atoms with Gasteiger partial charge < -0.3 is 10.6 Å². The molecule has 0 saturated carbocycles. The quantitative estimate of drug-likeness (QED) is 0.832. The Morgan fingerprint density at radius 2 is 2.14 bits per heavy atom. The van der Waals surface area contributed by atoms with Crippen LogP contribution in [0, 0.1) is 5.82 Å². The van der Waals surface area contributed by atoms with Crippen LogP contribution in [0.4, 0.5) is 15.8 Å². The second kappa shape index (κ2) is 5.66. The van der Waals surface area contributed by atoms with Crippen LogP contribution in [0.1, 0.15) is 5.56 Å². The van der Waals surface area contributed by atoms with Crippen LogP contribution < -0.4 is 10.6 Å². The molecule has 0 aliphatic carbocycles. The second-order valence-corrected chi connectivity index (χ2v) is 6.05. The van der Waals surface area contributed by atoms with E-state index in [-0.39, 0.29) is 17.0 Å². The average molecular weight is 370 g/mol. The van der Waals surface area contributed by atoms with Crippen molar-refractivity contribution in [2.24, 2.45) is 0 Å². The lowest BCUT2D eigenvalue weighted by Gasteiger charge is -2.14. The molecule has 3 rings (SSSR count). The normalized spacial score (nSPS) is 16.2. The molecule has 108 valence electrons. The maximum absolute atomic E-state index is 13.2. The van der Waals surface area contributed by atoms with Crippen molar-refractivity contribution >= 4 is 44.8 Å². The molecule has 21 heavy (non-hydrogen) atoms. The number of anilines is 2. The summed E-state index contributed by atoms with van der Waals surface area (Å²) in [4.78, 5) is 12.3. The molecule has 6 heteroatoms. The van der Waals surface area contributed by atoms with Crippen LogP contribution in [0.5, 0.6) is 0 Å². The van der Waals surface area contributed by atoms with Crippen molar-refractivity contribution in [2.45, 2.75) is 12.5 Å². The van der Waals surface area contributed by atoms with E-state index in [2.05, 4.69) is 26.6 Å². The molecule has 0 unspecified atom stereocenters. The Morgan fingerprint density at radius 3 is 2.86 bits per heavy atom. The summed E-state index contributed by atoms with van der Waals surface area (Å²) in [7, 11) is 0. The number of benzene rings is 2. The van der Waals surface area contributed by atoms with Gasteiger partial charge in [-0.3, -0.25) is 4.79 Å². The summed E-state index contributed by atoms with van der Waals surface area (Å²) in [5.74, 6) is -0.670. The van der Waals surface area contributed by atoms with Gasteiger partial charge in [0.25, 0.3) is 0 Å². The van der Waals surface area contributed by atoms with Crippen molar-refractivity contribution in [1.82, 2.24) is 0 Å². The van der Waals surface area contributed by atoms with Gasteiger partial charge in [-0.05, 0) is 39.7 Å². The van der Waals surface area contributed by atoms with Gasteiger partial charge >= 0.3 is 0 Å². The smallest absolute Gasteiger partial charge is 0.247 e. The van der Waals surface area contributed by atoms with Crippen molar-refractivity contribution < 1.29 is 9.18 Å². The Bertz CT molecular complexity index is 675. The third-order valence-corrected chi connectivity index (χ3v) is 4.27. The first-order chi connectivity index (χ1) is 10.0. The zero-order chi connectivity index (χ0) is 15.0. The fourth-order valence-electron chi connectivity index (χ4n) is 2.33. The van der Waals surface area contributed by atoms with Crippen LogP contribution in [0.2, 0.25) is 5.02 Å². The topological polar surface area (TPSA) is 41.1 Å². The number of fused-ring (bicyclic) bond motifs is 1. The highest BCUT2D eigenvalue weighted by atomic mass is 79.9. The summed E-state index contributed by atoms with van der Waals surface area (Å²) in [5, 5.41) is 6.05. The fourth-order valence-corrected chi connectivity index (χ4v) is 3.23. The third-order valence-electron chi connectivity index (χ3n) is 3.34. The average Bonchev–Trinajstić information content (AvgIpc) is 2.86. The van der Waals surface area contributed by atoms with Crippen molar-refractivity contribution in [2.75, 3.05) is 10.6 Å². The molecule has 1 atom stereocenters. The zero-order valence-electron chi connectivity index (χ0n) is 10.8. The number of halogens is 3. The van der Waals surface area contributed by atoms with Crippen LogP contribution >= 0.6 is 27.5 Å². The highest BCUT2D eigenvalue weighted by molar-refractivity contribution is 9.10. The molecule has 0 fully saturated rings. The summed E-state index contributed by atoms with van der Waals surface area (Å²) in [5.41, 5.74) is 2.43. The van der Waals surface area contributed by atoms with Crippen LogP contribution in [0.15, 0.2) is 40.9 Å². The molecule has 0 saturated heterocycles. The van der Waals surface area contributed by atoms with Crippen molar-refractivity contribution in [3.05, 3.63) is 57.3 Å². The summed E-state index contributed by atoms with van der Waals surface area (Å²) >= 11 is 9.17. The SMILES string of the molecule is O=C(Nc1c(Cl)cc(F)cc1Br)[C@@H]1Cc2ccccc2N1. The van der Waals surface area contributed by atoms with E-state index >= 15 is 0 Å². The zero-order valence-corrected chi connectivity index (χ0v) is 13.1. The van der Waals surface area contributed by atoms with Gasteiger partial charge in [-0.25, -0.2) is 4.39 Å². The number of hydrogen-bond acceptors (Lipinski definition) is 2. The Labute approximate surface area is 134 Å². The Hall–Kier alpha value is -1.59. The third kappa shape index (κ3) is 2.89. The lowest BCUT2D eigenvalue weighted by atomic mass is 10.1. The number of hydrogen-bond donors (Lipinski definition) is 2. The highest BCUT2D eigenvalue weighted by Gasteiger charge is 2.27. The summed E-state index contributed by atoms with van der Waals surface area (Å²) in [6.45, 7) is 0. The molecule has 0 bridgehead atoms. The molecule has 1 aliphatic heterocycles. The van der Waals surface area contributed by atoms with Gasteiger partial charge in [-0.15, -0.1) is 0 Å². The van der Waals surface area contributed by atoms with E-state index in [9.17, 15) is 9.18 Å². The molecule has 3 nitrogen and oxygen atoms in total.